The molecular weight excluding hydrogens is 432 g/mol. The third-order valence-corrected chi connectivity index (χ3v) is 6.18. The van der Waals surface area contributed by atoms with Crippen molar-refractivity contribution in [2.24, 2.45) is 0 Å². The minimum absolute atomic E-state index is 0.0502. The van der Waals surface area contributed by atoms with E-state index in [2.05, 4.69) is 5.32 Å². The Labute approximate surface area is 198 Å². The molecule has 1 N–H and O–H groups in total. The predicted molar refractivity (Wildman–Crippen MR) is 131 cm³/mol. The van der Waals surface area contributed by atoms with Gasteiger partial charge in [-0.1, -0.05) is 12.1 Å². The fourth-order valence-electron chi connectivity index (χ4n) is 4.33. The molecule has 0 aliphatic carbocycles. The van der Waals surface area contributed by atoms with E-state index in [1.54, 1.807) is 21.3 Å². The van der Waals surface area contributed by atoms with Crippen LogP contribution >= 0.6 is 0 Å². The number of fused-ring (bicyclic) bond motifs is 3. The number of aryl methyl sites for hydroxylation is 2. The standard InChI is InChI=1S/C26H30N4O4/c1-15(18-13-22(32-4)25(34-6)23(14-18)33-5)27-24(31)12-11-19-16(2)28-26-20-9-7-8-10-21(20)29-30(26)17(19)3/h7-10,13-15H,11-12H2,1-6H3,(H,27,31). The first-order valence-corrected chi connectivity index (χ1v) is 11.2. The molecule has 1 amide bonds. The van der Waals surface area contributed by atoms with Gasteiger partial charge >= 0.3 is 0 Å². The third kappa shape index (κ3) is 4.23. The largest absolute Gasteiger partial charge is 0.493 e. The van der Waals surface area contributed by atoms with Crippen LogP contribution in [0.2, 0.25) is 0 Å². The number of carbonyl (C=O) groups excluding carboxylic acids is 1. The lowest BCUT2D eigenvalue weighted by molar-refractivity contribution is -0.121. The van der Waals surface area contributed by atoms with Crippen molar-refractivity contribution in [3.8, 4) is 17.2 Å². The van der Waals surface area contributed by atoms with Crippen LogP contribution in [0.4, 0.5) is 0 Å². The zero-order valence-electron chi connectivity index (χ0n) is 20.4. The van der Waals surface area contributed by atoms with Crippen molar-refractivity contribution in [3.63, 3.8) is 0 Å². The number of amides is 1. The number of aromatic nitrogens is 3. The van der Waals surface area contributed by atoms with Gasteiger partial charge in [-0.15, -0.1) is 0 Å². The molecule has 0 spiro atoms. The first kappa shape index (κ1) is 23.4. The van der Waals surface area contributed by atoms with Crippen LogP contribution in [-0.4, -0.2) is 41.8 Å². The highest BCUT2D eigenvalue weighted by Crippen LogP contribution is 2.39. The summed E-state index contributed by atoms with van der Waals surface area (Å²) in [5.74, 6) is 1.57. The molecule has 8 heteroatoms. The number of nitrogens with zero attached hydrogens (tertiary/aromatic N) is 3. The molecule has 0 saturated heterocycles. The Morgan fingerprint density at radius 3 is 2.38 bits per heavy atom. The number of ether oxygens (including phenoxy) is 3. The number of hydrogen-bond donors (Lipinski definition) is 1. The van der Waals surface area contributed by atoms with Gasteiger partial charge in [0.15, 0.2) is 17.1 Å². The van der Waals surface area contributed by atoms with E-state index in [1.165, 1.54) is 0 Å². The zero-order chi connectivity index (χ0) is 24.4. The van der Waals surface area contributed by atoms with Crippen molar-refractivity contribution in [3.05, 3.63) is 58.9 Å². The van der Waals surface area contributed by atoms with Gasteiger partial charge in [0.2, 0.25) is 11.7 Å². The third-order valence-electron chi connectivity index (χ3n) is 6.18. The van der Waals surface area contributed by atoms with E-state index >= 15 is 0 Å². The van der Waals surface area contributed by atoms with Crippen LogP contribution in [0.25, 0.3) is 16.6 Å². The highest BCUT2D eigenvalue weighted by Gasteiger charge is 2.19. The fraction of sp³-hybridized carbons (Fsp3) is 0.346. The van der Waals surface area contributed by atoms with Crippen LogP contribution in [0.3, 0.4) is 0 Å². The van der Waals surface area contributed by atoms with Gasteiger partial charge in [-0.3, -0.25) is 4.79 Å². The molecule has 1 unspecified atom stereocenters. The fourth-order valence-corrected chi connectivity index (χ4v) is 4.33. The maximum absolute atomic E-state index is 12.8. The van der Waals surface area contributed by atoms with Gasteiger partial charge in [0.25, 0.3) is 0 Å². The number of hydrogen-bond acceptors (Lipinski definition) is 6. The Hall–Kier alpha value is -3.81. The van der Waals surface area contributed by atoms with E-state index in [0.717, 1.165) is 39.1 Å². The van der Waals surface area contributed by atoms with Crippen LogP contribution in [0.5, 0.6) is 17.2 Å². The van der Waals surface area contributed by atoms with Gasteiger partial charge in [-0.05, 0) is 62.6 Å². The smallest absolute Gasteiger partial charge is 0.220 e. The zero-order valence-corrected chi connectivity index (χ0v) is 20.4. The number of methoxy groups -OCH3 is 3. The van der Waals surface area contributed by atoms with Crippen LogP contribution in [0.1, 0.15) is 41.9 Å². The lowest BCUT2D eigenvalue weighted by atomic mass is 10.0. The van der Waals surface area contributed by atoms with Crippen molar-refractivity contribution in [1.29, 1.82) is 0 Å². The van der Waals surface area contributed by atoms with Gasteiger partial charge in [-0.2, -0.15) is 5.10 Å². The molecule has 0 fully saturated rings. The molecule has 178 valence electrons. The van der Waals surface area contributed by atoms with Gasteiger partial charge in [0.1, 0.15) is 0 Å². The highest BCUT2D eigenvalue weighted by atomic mass is 16.5. The molecule has 0 aliphatic rings. The average Bonchev–Trinajstić information content (AvgIpc) is 3.21. The molecule has 2 aromatic carbocycles. The summed E-state index contributed by atoms with van der Waals surface area (Å²) in [6.45, 7) is 5.94. The Kier molecular flexibility index (Phi) is 6.58. The molecule has 4 rings (SSSR count). The van der Waals surface area contributed by atoms with Crippen molar-refractivity contribution in [2.75, 3.05) is 21.3 Å². The van der Waals surface area contributed by atoms with Crippen molar-refractivity contribution in [2.45, 2.75) is 39.7 Å². The Balaban J connectivity index is 1.50. The summed E-state index contributed by atoms with van der Waals surface area (Å²) in [4.78, 5) is 17.6. The van der Waals surface area contributed by atoms with E-state index in [4.69, 9.17) is 24.3 Å². The summed E-state index contributed by atoms with van der Waals surface area (Å²) in [6, 6.07) is 11.4. The Bertz CT molecular complexity index is 1340. The first-order valence-electron chi connectivity index (χ1n) is 11.2. The summed E-state index contributed by atoms with van der Waals surface area (Å²) in [6.07, 6.45) is 0.912. The lowest BCUT2D eigenvalue weighted by Gasteiger charge is -2.19. The second-order valence-corrected chi connectivity index (χ2v) is 8.26. The lowest BCUT2D eigenvalue weighted by Crippen LogP contribution is -2.27. The first-order chi connectivity index (χ1) is 16.4. The molecule has 2 heterocycles. The molecule has 0 saturated carbocycles. The topological polar surface area (TPSA) is 87.0 Å². The minimum atomic E-state index is -0.236. The quantitative estimate of drug-likeness (QED) is 0.419. The molecule has 2 aromatic heterocycles. The maximum Gasteiger partial charge on any atom is 0.220 e. The number of nitrogens with one attached hydrogen (secondary N) is 1. The van der Waals surface area contributed by atoms with Crippen molar-refractivity contribution in [1.82, 2.24) is 19.9 Å². The maximum atomic E-state index is 12.8. The van der Waals surface area contributed by atoms with Crippen molar-refractivity contribution < 1.29 is 19.0 Å². The van der Waals surface area contributed by atoms with Crippen molar-refractivity contribution >= 4 is 22.5 Å². The SMILES string of the molecule is COc1cc(C(C)NC(=O)CCc2c(C)nc3c4ccccc4nn3c2C)cc(OC)c1OC. The molecule has 8 nitrogen and oxygen atoms in total. The van der Waals surface area contributed by atoms with E-state index < -0.39 is 0 Å². The van der Waals surface area contributed by atoms with E-state index in [-0.39, 0.29) is 11.9 Å². The molecular formula is C26H30N4O4. The Morgan fingerprint density at radius 1 is 1.06 bits per heavy atom. The summed E-state index contributed by atoms with van der Waals surface area (Å²) in [5, 5.41) is 8.79. The average molecular weight is 463 g/mol. The molecule has 4 aromatic rings. The monoisotopic (exact) mass is 462 g/mol. The van der Waals surface area contributed by atoms with E-state index in [1.807, 2.05) is 61.7 Å². The van der Waals surface area contributed by atoms with Gasteiger partial charge in [0, 0.05) is 23.2 Å². The van der Waals surface area contributed by atoms with Gasteiger partial charge < -0.3 is 19.5 Å². The van der Waals surface area contributed by atoms with Crippen LogP contribution in [-0.2, 0) is 11.2 Å². The van der Waals surface area contributed by atoms with Crippen LogP contribution in [0.15, 0.2) is 36.4 Å². The Morgan fingerprint density at radius 2 is 1.74 bits per heavy atom. The molecule has 0 radical (unpaired) electrons. The number of benzene rings is 2. The van der Waals surface area contributed by atoms with E-state index in [9.17, 15) is 4.79 Å². The van der Waals surface area contributed by atoms with E-state index in [0.29, 0.717) is 30.1 Å². The summed E-state index contributed by atoms with van der Waals surface area (Å²) < 4.78 is 18.1. The summed E-state index contributed by atoms with van der Waals surface area (Å²) in [5.41, 5.74) is 5.57. The summed E-state index contributed by atoms with van der Waals surface area (Å²) >= 11 is 0. The normalized spacial score (nSPS) is 12.1. The molecule has 1 atom stereocenters. The van der Waals surface area contributed by atoms with Gasteiger partial charge in [-0.25, -0.2) is 9.50 Å². The second kappa shape index (κ2) is 9.59. The van der Waals surface area contributed by atoms with Crippen LogP contribution in [0, 0.1) is 13.8 Å². The second-order valence-electron chi connectivity index (χ2n) is 8.26. The van der Waals surface area contributed by atoms with Gasteiger partial charge in [0.05, 0.1) is 32.9 Å². The molecule has 0 aliphatic heterocycles. The molecule has 0 bridgehead atoms. The number of rotatable bonds is 8. The minimum Gasteiger partial charge on any atom is -0.493 e. The predicted octanol–water partition coefficient (Wildman–Crippen LogP) is 4.34. The molecule has 34 heavy (non-hydrogen) atoms. The summed E-state index contributed by atoms with van der Waals surface area (Å²) in [7, 11) is 4.71. The number of carbonyl (C=O) groups is 1. The van der Waals surface area contributed by atoms with Crippen LogP contribution < -0.4 is 19.5 Å². The highest BCUT2D eigenvalue weighted by molar-refractivity contribution is 5.92.